The predicted octanol–water partition coefficient (Wildman–Crippen LogP) is 12.6. The van der Waals surface area contributed by atoms with Crippen molar-refractivity contribution in [1.29, 1.82) is 0 Å². The predicted molar refractivity (Wildman–Crippen MR) is 199 cm³/mol. The van der Waals surface area contributed by atoms with Crippen LogP contribution in [0.3, 0.4) is 0 Å². The molecule has 1 nitrogen and oxygen atoms in total. The molecule has 0 N–H and O–H groups in total. The average Bonchev–Trinajstić information content (AvgIpc) is 3.49. The monoisotopic (exact) mass is 603 g/mol. The van der Waals surface area contributed by atoms with Crippen molar-refractivity contribution >= 4 is 27.8 Å². The average molecular weight is 604 g/mol. The Bertz CT molecular complexity index is 2360. The van der Waals surface area contributed by atoms with Gasteiger partial charge in [-0.05, 0) is 79.7 Å². The smallest absolute Gasteiger partial charge is 0.0540 e. The number of fused-ring (bicyclic) bond motifs is 8. The van der Waals surface area contributed by atoms with Gasteiger partial charge in [-0.15, -0.1) is 0 Å². The van der Waals surface area contributed by atoms with Gasteiger partial charge in [0, 0.05) is 27.5 Å². The molecule has 0 atom stereocenters. The van der Waals surface area contributed by atoms with Crippen molar-refractivity contribution in [3.8, 4) is 33.4 Å². The van der Waals surface area contributed by atoms with E-state index in [2.05, 4.69) is 184 Å². The molecule has 0 spiro atoms. The molecule has 0 saturated carbocycles. The highest BCUT2D eigenvalue weighted by molar-refractivity contribution is 6.06. The number of hydrogen-bond acceptors (Lipinski definition) is 1. The normalized spacial score (nSPS) is 14.7. The largest absolute Gasteiger partial charge is 0.309 e. The number of nitrogens with zero attached hydrogens (tertiary/aromatic N) is 1. The molecule has 0 fully saturated rings. The van der Waals surface area contributed by atoms with Crippen LogP contribution in [-0.4, -0.2) is 0 Å². The standard InChI is InChI=1S/C46H37N/c1-45(2)39-21-11-8-18-33(39)35-26-25-31(29-41(35)45)47(42-23-13-10-17-32(42)30-15-6-5-7-16-30)43-24-14-20-37-36(43)27-28-38-34-19-9-12-22-40(34)46(3,4)44(37)38/h5-29H,1-4H3. The summed E-state index contributed by atoms with van der Waals surface area (Å²) in [7, 11) is 0. The molecule has 0 heterocycles. The molecule has 0 unspecified atom stereocenters. The molecule has 0 aliphatic heterocycles. The number of hydrogen-bond donors (Lipinski definition) is 0. The van der Waals surface area contributed by atoms with E-state index in [1.807, 2.05) is 0 Å². The third kappa shape index (κ3) is 3.96. The van der Waals surface area contributed by atoms with Crippen LogP contribution in [0.5, 0.6) is 0 Å². The zero-order chi connectivity index (χ0) is 31.9. The van der Waals surface area contributed by atoms with Gasteiger partial charge in [-0.25, -0.2) is 0 Å². The van der Waals surface area contributed by atoms with Crippen LogP contribution in [0.15, 0.2) is 152 Å². The summed E-state index contributed by atoms with van der Waals surface area (Å²) in [5.41, 5.74) is 16.7. The maximum absolute atomic E-state index is 2.51. The first-order chi connectivity index (χ1) is 22.9. The number of para-hydroxylation sites is 1. The summed E-state index contributed by atoms with van der Waals surface area (Å²) in [6, 6.07) is 56.2. The van der Waals surface area contributed by atoms with Gasteiger partial charge in [0.05, 0.1) is 11.4 Å². The Labute approximate surface area is 277 Å². The third-order valence-corrected chi connectivity index (χ3v) is 10.8. The van der Waals surface area contributed by atoms with Crippen LogP contribution in [0.4, 0.5) is 17.1 Å². The van der Waals surface area contributed by atoms with Crippen molar-refractivity contribution in [2.45, 2.75) is 38.5 Å². The van der Waals surface area contributed by atoms with Gasteiger partial charge in [0.25, 0.3) is 0 Å². The van der Waals surface area contributed by atoms with Gasteiger partial charge in [0.1, 0.15) is 0 Å². The van der Waals surface area contributed by atoms with E-state index in [1.54, 1.807) is 0 Å². The summed E-state index contributed by atoms with van der Waals surface area (Å²) in [4.78, 5) is 2.51. The van der Waals surface area contributed by atoms with Gasteiger partial charge < -0.3 is 4.90 Å². The van der Waals surface area contributed by atoms with Crippen LogP contribution in [-0.2, 0) is 10.8 Å². The van der Waals surface area contributed by atoms with Crippen LogP contribution in [0, 0.1) is 0 Å². The molecular formula is C46H37N. The second-order valence-corrected chi connectivity index (χ2v) is 14.2. The summed E-state index contributed by atoms with van der Waals surface area (Å²) in [6.45, 7) is 9.49. The second-order valence-electron chi connectivity index (χ2n) is 14.2. The highest BCUT2D eigenvalue weighted by Crippen LogP contribution is 2.54. The molecule has 0 bridgehead atoms. The lowest BCUT2D eigenvalue weighted by Crippen LogP contribution is -2.17. The molecular weight excluding hydrogens is 567 g/mol. The Kier molecular flexibility index (Phi) is 5.96. The van der Waals surface area contributed by atoms with Gasteiger partial charge >= 0.3 is 0 Å². The Morgan fingerprint density at radius 1 is 0.383 bits per heavy atom. The van der Waals surface area contributed by atoms with Crippen LogP contribution >= 0.6 is 0 Å². The number of rotatable bonds is 4. The zero-order valence-corrected chi connectivity index (χ0v) is 27.4. The van der Waals surface area contributed by atoms with Crippen molar-refractivity contribution in [3.05, 3.63) is 174 Å². The van der Waals surface area contributed by atoms with Gasteiger partial charge in [-0.1, -0.05) is 155 Å². The molecule has 47 heavy (non-hydrogen) atoms. The highest BCUT2D eigenvalue weighted by Gasteiger charge is 2.38. The van der Waals surface area contributed by atoms with Crippen molar-refractivity contribution in [3.63, 3.8) is 0 Å². The van der Waals surface area contributed by atoms with E-state index in [4.69, 9.17) is 0 Å². The summed E-state index contributed by atoms with van der Waals surface area (Å²) in [5, 5.41) is 2.58. The Morgan fingerprint density at radius 2 is 0.957 bits per heavy atom. The van der Waals surface area contributed by atoms with Crippen LogP contribution in [0.25, 0.3) is 44.2 Å². The van der Waals surface area contributed by atoms with Crippen molar-refractivity contribution in [2.24, 2.45) is 0 Å². The lowest BCUT2D eigenvalue weighted by Gasteiger charge is -2.31. The SMILES string of the molecule is CC1(C)c2ccccc2-c2ccc(N(c3ccccc3-c3ccccc3)c3cccc4c5c(ccc34)-c3ccccc3C5(C)C)cc21. The van der Waals surface area contributed by atoms with Crippen molar-refractivity contribution in [1.82, 2.24) is 0 Å². The first kappa shape index (κ1) is 27.9. The van der Waals surface area contributed by atoms with Crippen LogP contribution in [0.2, 0.25) is 0 Å². The minimum absolute atomic E-state index is 0.0953. The summed E-state index contributed by atoms with van der Waals surface area (Å²) in [5.74, 6) is 0. The first-order valence-electron chi connectivity index (χ1n) is 16.7. The maximum atomic E-state index is 2.51. The van der Waals surface area contributed by atoms with Crippen molar-refractivity contribution < 1.29 is 0 Å². The quantitative estimate of drug-likeness (QED) is 0.193. The van der Waals surface area contributed by atoms with E-state index >= 15 is 0 Å². The van der Waals surface area contributed by atoms with E-state index in [9.17, 15) is 0 Å². The lowest BCUT2D eigenvalue weighted by molar-refractivity contribution is 0.660. The van der Waals surface area contributed by atoms with Crippen molar-refractivity contribution in [2.75, 3.05) is 4.90 Å². The molecule has 0 aromatic heterocycles. The topological polar surface area (TPSA) is 3.24 Å². The first-order valence-corrected chi connectivity index (χ1v) is 16.7. The number of anilines is 3. The van der Waals surface area contributed by atoms with Gasteiger partial charge in [-0.2, -0.15) is 0 Å². The van der Waals surface area contributed by atoms with E-state index in [1.165, 1.54) is 83.5 Å². The summed E-state index contributed by atoms with van der Waals surface area (Å²) >= 11 is 0. The maximum Gasteiger partial charge on any atom is 0.0540 e. The Balaban J connectivity index is 1.32. The van der Waals surface area contributed by atoms with Crippen LogP contribution in [0.1, 0.15) is 49.9 Å². The van der Waals surface area contributed by atoms with Gasteiger partial charge in [0.2, 0.25) is 0 Å². The molecule has 1 heteroatoms. The fraction of sp³-hybridized carbons (Fsp3) is 0.130. The fourth-order valence-corrected chi connectivity index (χ4v) is 8.60. The summed E-state index contributed by atoms with van der Waals surface area (Å²) in [6.07, 6.45) is 0. The van der Waals surface area contributed by atoms with Gasteiger partial charge in [0.15, 0.2) is 0 Å². The molecule has 7 aromatic rings. The second kappa shape index (κ2) is 10.0. The highest BCUT2D eigenvalue weighted by atomic mass is 15.1. The van der Waals surface area contributed by atoms with E-state index in [-0.39, 0.29) is 10.8 Å². The van der Waals surface area contributed by atoms with Gasteiger partial charge in [-0.3, -0.25) is 0 Å². The van der Waals surface area contributed by atoms with E-state index in [0.29, 0.717) is 0 Å². The number of benzene rings is 7. The molecule has 0 saturated heterocycles. The molecule has 2 aliphatic rings. The van der Waals surface area contributed by atoms with Crippen LogP contribution < -0.4 is 4.90 Å². The van der Waals surface area contributed by atoms with E-state index in [0.717, 1.165) is 0 Å². The Hall–Kier alpha value is -5.40. The fourth-order valence-electron chi connectivity index (χ4n) is 8.60. The molecule has 0 amide bonds. The lowest BCUT2D eigenvalue weighted by atomic mass is 9.80. The minimum Gasteiger partial charge on any atom is -0.309 e. The molecule has 7 aromatic carbocycles. The van der Waals surface area contributed by atoms with E-state index < -0.39 is 0 Å². The molecule has 9 rings (SSSR count). The molecule has 0 radical (unpaired) electrons. The Morgan fingerprint density at radius 3 is 1.72 bits per heavy atom. The molecule has 2 aliphatic carbocycles. The summed E-state index contributed by atoms with van der Waals surface area (Å²) < 4.78 is 0. The zero-order valence-electron chi connectivity index (χ0n) is 27.4. The third-order valence-electron chi connectivity index (χ3n) is 10.8. The minimum atomic E-state index is -0.0970. The molecule has 226 valence electrons.